The van der Waals surface area contributed by atoms with E-state index >= 15 is 0 Å². The first kappa shape index (κ1) is 10.1. The van der Waals surface area contributed by atoms with Crippen molar-refractivity contribution in [1.29, 1.82) is 0 Å². The van der Waals surface area contributed by atoms with E-state index in [2.05, 4.69) is 24.9 Å². The molecule has 0 aliphatic rings. The summed E-state index contributed by atoms with van der Waals surface area (Å²) < 4.78 is 0. The van der Waals surface area contributed by atoms with Crippen molar-refractivity contribution in [2.24, 2.45) is 0 Å². The third-order valence-corrected chi connectivity index (χ3v) is 3.14. The number of hydrogen-bond donors (Lipinski definition) is 1. The van der Waals surface area contributed by atoms with Crippen LogP contribution < -0.4 is 0 Å². The Bertz CT molecular complexity index is 881. The van der Waals surface area contributed by atoms with E-state index in [9.17, 15) is 0 Å². The quantitative estimate of drug-likeness (QED) is 0.561. The molecule has 0 fully saturated rings. The van der Waals surface area contributed by atoms with Crippen molar-refractivity contribution in [3.63, 3.8) is 0 Å². The van der Waals surface area contributed by atoms with Gasteiger partial charge in [0, 0.05) is 35.7 Å². The van der Waals surface area contributed by atoms with Crippen molar-refractivity contribution in [3.8, 4) is 11.1 Å². The molecule has 0 bridgehead atoms. The number of nitrogens with zero attached hydrogens (tertiary/aromatic N) is 4. The lowest BCUT2D eigenvalue weighted by Crippen LogP contribution is -1.84. The summed E-state index contributed by atoms with van der Waals surface area (Å²) in [6, 6.07) is 6.03. The summed E-state index contributed by atoms with van der Waals surface area (Å²) in [7, 11) is 0. The Kier molecular flexibility index (Phi) is 2.05. The monoisotopic (exact) mass is 247 g/mol. The molecule has 3 aromatic heterocycles. The summed E-state index contributed by atoms with van der Waals surface area (Å²) in [5.41, 5.74) is 4.76. The van der Waals surface area contributed by atoms with Gasteiger partial charge in [-0.2, -0.15) is 0 Å². The average Bonchev–Trinajstić information content (AvgIpc) is 2.91. The van der Waals surface area contributed by atoms with Gasteiger partial charge >= 0.3 is 0 Å². The van der Waals surface area contributed by atoms with E-state index in [1.807, 2.05) is 30.6 Å². The van der Waals surface area contributed by atoms with Crippen molar-refractivity contribution in [1.82, 2.24) is 24.9 Å². The zero-order chi connectivity index (χ0) is 12.7. The van der Waals surface area contributed by atoms with Gasteiger partial charge in [-0.3, -0.25) is 9.97 Å². The van der Waals surface area contributed by atoms with Crippen molar-refractivity contribution < 1.29 is 0 Å². The molecule has 4 rings (SSSR count). The summed E-state index contributed by atoms with van der Waals surface area (Å²) in [5.74, 6) is 0. The first-order valence-corrected chi connectivity index (χ1v) is 5.90. The van der Waals surface area contributed by atoms with Crippen LogP contribution in [0.25, 0.3) is 33.2 Å². The molecule has 0 unspecified atom stereocenters. The number of benzene rings is 1. The van der Waals surface area contributed by atoms with Gasteiger partial charge < -0.3 is 4.98 Å². The minimum atomic E-state index is 0.837. The van der Waals surface area contributed by atoms with Crippen LogP contribution in [0.15, 0.2) is 49.3 Å². The molecule has 4 aromatic rings. The molecule has 90 valence electrons. The lowest BCUT2D eigenvalue weighted by Gasteiger charge is -2.01. The molecule has 3 heterocycles. The molecular formula is C14H9N5. The van der Waals surface area contributed by atoms with Gasteiger partial charge in [0.1, 0.15) is 12.0 Å². The Hall–Kier alpha value is -2.82. The van der Waals surface area contributed by atoms with Crippen LogP contribution in [0.2, 0.25) is 0 Å². The highest BCUT2D eigenvalue weighted by Crippen LogP contribution is 2.28. The summed E-state index contributed by atoms with van der Waals surface area (Å²) in [6.07, 6.45) is 8.69. The van der Waals surface area contributed by atoms with E-state index in [0.29, 0.717) is 0 Å². The first-order chi connectivity index (χ1) is 9.42. The van der Waals surface area contributed by atoms with E-state index in [1.165, 1.54) is 6.33 Å². The predicted octanol–water partition coefficient (Wildman–Crippen LogP) is 2.57. The maximum Gasteiger partial charge on any atom is 0.141 e. The normalized spacial score (nSPS) is 11.2. The highest BCUT2D eigenvalue weighted by Gasteiger charge is 2.07. The minimum Gasteiger partial charge on any atom is -0.345 e. The van der Waals surface area contributed by atoms with Gasteiger partial charge in [0.15, 0.2) is 0 Å². The van der Waals surface area contributed by atoms with Crippen LogP contribution in [0.3, 0.4) is 0 Å². The zero-order valence-electron chi connectivity index (χ0n) is 9.91. The molecule has 0 amide bonds. The Morgan fingerprint density at radius 1 is 0.947 bits per heavy atom. The topological polar surface area (TPSA) is 67.3 Å². The van der Waals surface area contributed by atoms with Crippen LogP contribution in [0.5, 0.6) is 0 Å². The Morgan fingerprint density at radius 3 is 2.79 bits per heavy atom. The maximum absolute atomic E-state index is 4.33. The molecule has 0 aliphatic heterocycles. The summed E-state index contributed by atoms with van der Waals surface area (Å²) in [6.45, 7) is 0. The number of hydrogen-bond acceptors (Lipinski definition) is 4. The Balaban J connectivity index is 1.99. The van der Waals surface area contributed by atoms with Crippen LogP contribution >= 0.6 is 0 Å². The SMILES string of the molecule is c1cnc2cc(-c3c[nH]c4ncncc34)ccc2n1. The maximum atomic E-state index is 4.33. The third kappa shape index (κ3) is 1.55. The smallest absolute Gasteiger partial charge is 0.141 e. The summed E-state index contributed by atoms with van der Waals surface area (Å²) >= 11 is 0. The number of fused-ring (bicyclic) bond motifs is 2. The first-order valence-electron chi connectivity index (χ1n) is 5.90. The minimum absolute atomic E-state index is 0.837. The second kappa shape index (κ2) is 3.84. The molecule has 0 saturated carbocycles. The fraction of sp³-hybridized carbons (Fsp3) is 0. The van der Waals surface area contributed by atoms with Gasteiger partial charge in [0.05, 0.1) is 11.0 Å². The number of aromatic amines is 1. The molecule has 0 aliphatic carbocycles. The van der Waals surface area contributed by atoms with E-state index in [0.717, 1.165) is 33.2 Å². The highest BCUT2D eigenvalue weighted by atomic mass is 14.9. The summed E-state index contributed by atoms with van der Waals surface area (Å²) in [5, 5.41) is 1.01. The lowest BCUT2D eigenvalue weighted by molar-refractivity contribution is 1.20. The van der Waals surface area contributed by atoms with E-state index < -0.39 is 0 Å². The molecule has 5 nitrogen and oxygen atoms in total. The summed E-state index contributed by atoms with van der Waals surface area (Å²) in [4.78, 5) is 20.0. The average molecular weight is 247 g/mol. The second-order valence-corrected chi connectivity index (χ2v) is 4.25. The molecular weight excluding hydrogens is 238 g/mol. The number of H-pyrrole nitrogens is 1. The number of nitrogens with one attached hydrogen (secondary N) is 1. The fourth-order valence-electron chi connectivity index (χ4n) is 2.23. The van der Waals surface area contributed by atoms with Gasteiger partial charge in [-0.1, -0.05) is 6.07 Å². The van der Waals surface area contributed by atoms with Crippen molar-refractivity contribution in [2.45, 2.75) is 0 Å². The Morgan fingerprint density at radius 2 is 1.84 bits per heavy atom. The van der Waals surface area contributed by atoms with Gasteiger partial charge in [-0.05, 0) is 17.7 Å². The van der Waals surface area contributed by atoms with E-state index in [-0.39, 0.29) is 0 Å². The molecule has 1 N–H and O–H groups in total. The van der Waals surface area contributed by atoms with Crippen molar-refractivity contribution in [2.75, 3.05) is 0 Å². The Labute approximate surface area is 108 Å². The van der Waals surface area contributed by atoms with E-state index in [4.69, 9.17) is 0 Å². The van der Waals surface area contributed by atoms with Gasteiger partial charge in [-0.15, -0.1) is 0 Å². The van der Waals surface area contributed by atoms with Gasteiger partial charge in [-0.25, -0.2) is 9.97 Å². The number of rotatable bonds is 1. The van der Waals surface area contributed by atoms with Crippen molar-refractivity contribution >= 4 is 22.1 Å². The molecule has 0 atom stereocenters. The lowest BCUT2D eigenvalue weighted by atomic mass is 10.1. The van der Waals surface area contributed by atoms with Crippen LogP contribution in [-0.4, -0.2) is 24.9 Å². The zero-order valence-corrected chi connectivity index (χ0v) is 9.91. The van der Waals surface area contributed by atoms with Crippen LogP contribution in [-0.2, 0) is 0 Å². The van der Waals surface area contributed by atoms with Crippen LogP contribution in [0, 0.1) is 0 Å². The molecule has 0 spiro atoms. The molecule has 0 saturated heterocycles. The van der Waals surface area contributed by atoms with E-state index in [1.54, 1.807) is 12.4 Å². The van der Waals surface area contributed by atoms with Crippen LogP contribution in [0.1, 0.15) is 0 Å². The molecule has 0 radical (unpaired) electrons. The fourth-order valence-corrected chi connectivity index (χ4v) is 2.23. The molecule has 1 aromatic carbocycles. The predicted molar refractivity (Wildman–Crippen MR) is 72.4 cm³/mol. The van der Waals surface area contributed by atoms with Crippen LogP contribution in [0.4, 0.5) is 0 Å². The highest BCUT2D eigenvalue weighted by molar-refractivity contribution is 5.95. The molecule has 5 heteroatoms. The largest absolute Gasteiger partial charge is 0.345 e. The standard InChI is InChI=1S/C14H9N5/c1-2-12-13(17-4-3-16-12)5-9(1)10-7-18-14-11(10)6-15-8-19-14/h1-8H,(H,15,18,19). The van der Waals surface area contributed by atoms with Crippen molar-refractivity contribution in [3.05, 3.63) is 49.3 Å². The third-order valence-electron chi connectivity index (χ3n) is 3.14. The second-order valence-electron chi connectivity index (χ2n) is 4.25. The number of aromatic nitrogens is 5. The van der Waals surface area contributed by atoms with Gasteiger partial charge in [0.2, 0.25) is 0 Å². The molecule has 19 heavy (non-hydrogen) atoms. The van der Waals surface area contributed by atoms with Gasteiger partial charge in [0.25, 0.3) is 0 Å².